The van der Waals surface area contributed by atoms with Gasteiger partial charge in [0.1, 0.15) is 0 Å². The van der Waals surface area contributed by atoms with Crippen molar-refractivity contribution in [1.29, 1.82) is 0 Å². The van der Waals surface area contributed by atoms with Crippen LogP contribution in [0.5, 0.6) is 11.5 Å². The van der Waals surface area contributed by atoms with Gasteiger partial charge >= 0.3 is 0 Å². The average molecular weight is 337 g/mol. The SMILES string of the molecule is COc1cccc([C@H](CC(F)F)N2CCNCC2)c1OC.Cl. The van der Waals surface area contributed by atoms with Crippen molar-refractivity contribution in [3.05, 3.63) is 23.8 Å². The smallest absolute Gasteiger partial charge is 0.240 e. The standard InChI is InChI=1S/C15H22F2N2O2.ClH/c1-20-13-5-3-4-11(15(13)21-2)12(10-14(16)17)19-8-6-18-7-9-19;/h3-5,12,14,18H,6-10H2,1-2H3;1H/t12-;/m0./s1. The Morgan fingerprint density at radius 2 is 1.86 bits per heavy atom. The summed E-state index contributed by atoms with van der Waals surface area (Å²) in [4.78, 5) is 2.08. The molecule has 7 heteroatoms. The molecule has 0 bridgehead atoms. The van der Waals surface area contributed by atoms with E-state index in [1.165, 1.54) is 0 Å². The molecule has 0 aromatic heterocycles. The van der Waals surface area contributed by atoms with Crippen LogP contribution in [0.1, 0.15) is 18.0 Å². The first-order valence-electron chi connectivity index (χ1n) is 7.11. The molecule has 1 aromatic rings. The van der Waals surface area contributed by atoms with Gasteiger partial charge in [0, 0.05) is 44.2 Å². The van der Waals surface area contributed by atoms with Crippen molar-refractivity contribution in [2.45, 2.75) is 18.9 Å². The van der Waals surface area contributed by atoms with Crippen LogP contribution in [0.3, 0.4) is 0 Å². The van der Waals surface area contributed by atoms with E-state index in [2.05, 4.69) is 10.2 Å². The largest absolute Gasteiger partial charge is 0.493 e. The minimum Gasteiger partial charge on any atom is -0.493 e. The van der Waals surface area contributed by atoms with Crippen LogP contribution in [0.25, 0.3) is 0 Å². The third-order valence-electron chi connectivity index (χ3n) is 3.79. The van der Waals surface area contributed by atoms with E-state index in [1.807, 2.05) is 12.1 Å². The normalized spacial score (nSPS) is 17.0. The second-order valence-corrected chi connectivity index (χ2v) is 5.01. The quantitative estimate of drug-likeness (QED) is 0.866. The van der Waals surface area contributed by atoms with Gasteiger partial charge in [-0.25, -0.2) is 8.78 Å². The fourth-order valence-electron chi connectivity index (χ4n) is 2.81. The number of methoxy groups -OCH3 is 2. The summed E-state index contributed by atoms with van der Waals surface area (Å²) in [6.45, 7) is 3.12. The second-order valence-electron chi connectivity index (χ2n) is 5.01. The number of nitrogens with zero attached hydrogens (tertiary/aromatic N) is 1. The van der Waals surface area contributed by atoms with Crippen LogP contribution in [-0.2, 0) is 0 Å². The lowest BCUT2D eigenvalue weighted by Crippen LogP contribution is -2.45. The van der Waals surface area contributed by atoms with Crippen molar-refractivity contribution in [3.63, 3.8) is 0 Å². The molecule has 1 fully saturated rings. The molecule has 1 atom stereocenters. The third-order valence-corrected chi connectivity index (χ3v) is 3.79. The lowest BCUT2D eigenvalue weighted by atomic mass is 9.99. The van der Waals surface area contributed by atoms with E-state index < -0.39 is 6.43 Å². The molecular weight excluding hydrogens is 314 g/mol. The minimum absolute atomic E-state index is 0. The summed E-state index contributed by atoms with van der Waals surface area (Å²) in [6, 6.07) is 5.07. The van der Waals surface area contributed by atoms with Gasteiger partial charge in [-0.15, -0.1) is 12.4 Å². The number of halogens is 3. The maximum Gasteiger partial charge on any atom is 0.240 e. The first-order chi connectivity index (χ1) is 10.2. The van der Waals surface area contributed by atoms with E-state index in [1.54, 1.807) is 20.3 Å². The molecule has 0 aliphatic carbocycles. The van der Waals surface area contributed by atoms with Crippen molar-refractivity contribution in [2.75, 3.05) is 40.4 Å². The summed E-state index contributed by atoms with van der Waals surface area (Å²) in [5.74, 6) is 1.12. The van der Waals surface area contributed by atoms with E-state index in [9.17, 15) is 8.78 Å². The number of hydrogen-bond acceptors (Lipinski definition) is 4. The molecular formula is C15H23ClF2N2O2. The van der Waals surface area contributed by atoms with Crippen molar-refractivity contribution in [1.82, 2.24) is 10.2 Å². The Hall–Kier alpha value is -1.11. The first-order valence-corrected chi connectivity index (χ1v) is 7.11. The second kappa shape index (κ2) is 9.12. The molecule has 1 aromatic carbocycles. The van der Waals surface area contributed by atoms with Crippen LogP contribution >= 0.6 is 12.4 Å². The number of nitrogens with one attached hydrogen (secondary N) is 1. The van der Waals surface area contributed by atoms with Gasteiger partial charge in [0.05, 0.1) is 14.2 Å². The van der Waals surface area contributed by atoms with E-state index in [0.29, 0.717) is 11.5 Å². The summed E-state index contributed by atoms with van der Waals surface area (Å²) in [5.41, 5.74) is 0.763. The lowest BCUT2D eigenvalue weighted by Gasteiger charge is -2.35. The highest BCUT2D eigenvalue weighted by molar-refractivity contribution is 5.85. The molecule has 0 unspecified atom stereocenters. The summed E-state index contributed by atoms with van der Waals surface area (Å²) >= 11 is 0. The fraction of sp³-hybridized carbons (Fsp3) is 0.600. The summed E-state index contributed by atoms with van der Waals surface area (Å²) < 4.78 is 36.7. The molecule has 1 aliphatic heterocycles. The van der Waals surface area contributed by atoms with Gasteiger partial charge in [-0.1, -0.05) is 12.1 Å². The summed E-state index contributed by atoms with van der Waals surface area (Å²) in [6.07, 6.45) is -2.57. The Morgan fingerprint density at radius 3 is 2.41 bits per heavy atom. The van der Waals surface area contributed by atoms with Gasteiger partial charge < -0.3 is 14.8 Å². The van der Waals surface area contributed by atoms with E-state index in [0.717, 1.165) is 31.7 Å². The topological polar surface area (TPSA) is 33.7 Å². The Bertz CT molecular complexity index is 457. The average Bonchev–Trinajstić information content (AvgIpc) is 2.52. The first kappa shape index (κ1) is 18.9. The van der Waals surface area contributed by atoms with Crippen LogP contribution in [0.2, 0.25) is 0 Å². The highest BCUT2D eigenvalue weighted by Crippen LogP contribution is 2.39. The number of ether oxygens (including phenoxy) is 2. The molecule has 22 heavy (non-hydrogen) atoms. The highest BCUT2D eigenvalue weighted by atomic mass is 35.5. The van der Waals surface area contributed by atoms with Crippen molar-refractivity contribution >= 4 is 12.4 Å². The molecule has 0 amide bonds. The molecule has 2 rings (SSSR count). The zero-order valence-corrected chi connectivity index (χ0v) is 13.7. The van der Waals surface area contributed by atoms with Crippen molar-refractivity contribution < 1.29 is 18.3 Å². The Morgan fingerprint density at radius 1 is 1.18 bits per heavy atom. The third kappa shape index (κ3) is 4.44. The number of rotatable bonds is 6. The molecule has 1 heterocycles. The van der Waals surface area contributed by atoms with Gasteiger partial charge in [0.15, 0.2) is 11.5 Å². The molecule has 0 radical (unpaired) electrons. The molecule has 0 spiro atoms. The Kier molecular flexibility index (Phi) is 7.85. The van der Waals surface area contributed by atoms with Crippen LogP contribution in [-0.4, -0.2) is 51.7 Å². The predicted molar refractivity (Wildman–Crippen MR) is 84.6 cm³/mol. The van der Waals surface area contributed by atoms with Gasteiger partial charge in [0.2, 0.25) is 6.43 Å². The number of alkyl halides is 2. The van der Waals surface area contributed by atoms with Crippen LogP contribution in [0.4, 0.5) is 8.78 Å². The highest BCUT2D eigenvalue weighted by Gasteiger charge is 2.28. The summed E-state index contributed by atoms with van der Waals surface area (Å²) in [5, 5.41) is 3.24. The molecule has 4 nitrogen and oxygen atoms in total. The van der Waals surface area contributed by atoms with Gasteiger partial charge in [-0.2, -0.15) is 0 Å². The van der Waals surface area contributed by atoms with Gasteiger partial charge in [-0.05, 0) is 6.07 Å². The number of benzene rings is 1. The number of piperazine rings is 1. The number of hydrogen-bond donors (Lipinski definition) is 1. The maximum atomic E-state index is 13.0. The van der Waals surface area contributed by atoms with Gasteiger partial charge in [0.25, 0.3) is 0 Å². The zero-order chi connectivity index (χ0) is 15.2. The monoisotopic (exact) mass is 336 g/mol. The molecule has 0 saturated carbocycles. The molecule has 1 N–H and O–H groups in total. The molecule has 1 saturated heterocycles. The number of para-hydroxylation sites is 1. The van der Waals surface area contributed by atoms with E-state index >= 15 is 0 Å². The molecule has 126 valence electrons. The van der Waals surface area contributed by atoms with Crippen molar-refractivity contribution in [2.24, 2.45) is 0 Å². The lowest BCUT2D eigenvalue weighted by molar-refractivity contribution is 0.0727. The van der Waals surface area contributed by atoms with Crippen LogP contribution in [0, 0.1) is 0 Å². The Labute approximate surface area is 136 Å². The van der Waals surface area contributed by atoms with E-state index in [4.69, 9.17) is 9.47 Å². The van der Waals surface area contributed by atoms with E-state index in [-0.39, 0.29) is 24.9 Å². The predicted octanol–water partition coefficient (Wildman–Crippen LogP) is 2.73. The molecule has 1 aliphatic rings. The van der Waals surface area contributed by atoms with Gasteiger partial charge in [-0.3, -0.25) is 4.90 Å². The Balaban J connectivity index is 0.00000242. The maximum absolute atomic E-state index is 13.0. The fourth-order valence-corrected chi connectivity index (χ4v) is 2.81. The van der Waals surface area contributed by atoms with Crippen molar-refractivity contribution in [3.8, 4) is 11.5 Å². The minimum atomic E-state index is -2.36. The van der Waals surface area contributed by atoms with Crippen LogP contribution in [0.15, 0.2) is 18.2 Å². The summed E-state index contributed by atoms with van der Waals surface area (Å²) in [7, 11) is 3.09. The van der Waals surface area contributed by atoms with Crippen LogP contribution < -0.4 is 14.8 Å². The zero-order valence-electron chi connectivity index (χ0n) is 12.9.